The van der Waals surface area contributed by atoms with Gasteiger partial charge in [-0.3, -0.25) is 0 Å². The molecule has 110 valence electrons. The molecule has 0 amide bonds. The quantitative estimate of drug-likeness (QED) is 0.764. The van der Waals surface area contributed by atoms with Gasteiger partial charge in [0.25, 0.3) is 0 Å². The lowest BCUT2D eigenvalue weighted by Gasteiger charge is -2.31. The van der Waals surface area contributed by atoms with E-state index in [1.807, 2.05) is 0 Å². The summed E-state index contributed by atoms with van der Waals surface area (Å²) in [5.74, 6) is 1.65. The molecule has 0 radical (unpaired) electrons. The van der Waals surface area contributed by atoms with Crippen LogP contribution in [0.2, 0.25) is 0 Å². The zero-order valence-electron chi connectivity index (χ0n) is 13.3. The summed E-state index contributed by atoms with van der Waals surface area (Å²) in [6, 6.07) is 9.80. The molecule has 1 aromatic carbocycles. The molecule has 1 heteroatoms. The predicted molar refractivity (Wildman–Crippen MR) is 86.0 cm³/mol. The Hall–Kier alpha value is -0.820. The van der Waals surface area contributed by atoms with E-state index >= 15 is 0 Å². The van der Waals surface area contributed by atoms with Crippen molar-refractivity contribution in [1.29, 1.82) is 0 Å². The maximum atomic E-state index is 3.85. The Morgan fingerprint density at radius 2 is 1.95 bits per heavy atom. The Balaban J connectivity index is 1.86. The van der Waals surface area contributed by atoms with Gasteiger partial charge in [-0.2, -0.15) is 0 Å². The van der Waals surface area contributed by atoms with Crippen molar-refractivity contribution in [2.24, 2.45) is 11.3 Å². The van der Waals surface area contributed by atoms with Gasteiger partial charge in [-0.15, -0.1) is 0 Å². The van der Waals surface area contributed by atoms with Crippen LogP contribution in [0.3, 0.4) is 0 Å². The summed E-state index contributed by atoms with van der Waals surface area (Å²) >= 11 is 0. The Morgan fingerprint density at radius 3 is 2.50 bits per heavy atom. The van der Waals surface area contributed by atoms with Crippen molar-refractivity contribution >= 4 is 0 Å². The molecule has 0 aliphatic heterocycles. The third-order valence-electron chi connectivity index (χ3n) is 5.48. The minimum absolute atomic E-state index is 0.526. The molecule has 2 aliphatic carbocycles. The van der Waals surface area contributed by atoms with Crippen molar-refractivity contribution < 1.29 is 0 Å². The topological polar surface area (TPSA) is 12.0 Å². The molecular weight excluding hydrogens is 242 g/mol. The molecule has 0 bridgehead atoms. The first-order valence-corrected chi connectivity index (χ1v) is 8.45. The van der Waals surface area contributed by atoms with E-state index in [-0.39, 0.29) is 0 Å². The largest absolute Gasteiger partial charge is 0.310 e. The van der Waals surface area contributed by atoms with Crippen LogP contribution in [0, 0.1) is 11.3 Å². The average Bonchev–Trinajstić information content (AvgIpc) is 2.98. The summed E-state index contributed by atoms with van der Waals surface area (Å²) in [6.45, 7) is 8.24. The first kappa shape index (κ1) is 14.1. The van der Waals surface area contributed by atoms with E-state index in [0.29, 0.717) is 11.5 Å². The zero-order valence-corrected chi connectivity index (χ0v) is 13.3. The molecule has 2 atom stereocenters. The second kappa shape index (κ2) is 5.52. The van der Waals surface area contributed by atoms with Crippen LogP contribution in [0.1, 0.15) is 76.0 Å². The van der Waals surface area contributed by atoms with Gasteiger partial charge in [-0.05, 0) is 60.6 Å². The molecule has 1 N–H and O–H groups in total. The number of nitrogens with one attached hydrogen (secondary N) is 1. The molecule has 2 saturated carbocycles. The predicted octanol–water partition coefficient (Wildman–Crippen LogP) is 5.04. The van der Waals surface area contributed by atoms with E-state index in [2.05, 4.69) is 50.4 Å². The van der Waals surface area contributed by atoms with Crippen LogP contribution in [0.4, 0.5) is 0 Å². The summed E-state index contributed by atoms with van der Waals surface area (Å²) in [5.41, 5.74) is 3.76. The summed E-state index contributed by atoms with van der Waals surface area (Å²) in [5, 5.41) is 3.85. The maximum Gasteiger partial charge on any atom is 0.0356 e. The average molecular weight is 271 g/mol. The van der Waals surface area contributed by atoms with Gasteiger partial charge in [0.05, 0.1) is 0 Å². The Bertz CT molecular complexity index is 459. The van der Waals surface area contributed by atoms with Crippen molar-refractivity contribution in [2.45, 2.75) is 64.8 Å². The van der Waals surface area contributed by atoms with E-state index < -0.39 is 0 Å². The second-order valence-electron chi connectivity index (χ2n) is 7.49. The highest BCUT2D eigenvalue weighted by Gasteiger charge is 2.50. The van der Waals surface area contributed by atoms with Crippen molar-refractivity contribution in [3.63, 3.8) is 0 Å². The Kier molecular flexibility index (Phi) is 3.90. The molecule has 0 saturated heterocycles. The van der Waals surface area contributed by atoms with Crippen LogP contribution in [-0.4, -0.2) is 6.54 Å². The molecule has 2 unspecified atom stereocenters. The molecular formula is C19H29N. The molecule has 0 spiro atoms. The molecule has 20 heavy (non-hydrogen) atoms. The Labute approximate surface area is 124 Å². The van der Waals surface area contributed by atoms with Gasteiger partial charge in [-0.25, -0.2) is 0 Å². The lowest BCUT2D eigenvalue weighted by molar-refractivity contribution is 0.388. The van der Waals surface area contributed by atoms with Crippen molar-refractivity contribution in [3.8, 4) is 0 Å². The molecule has 0 aromatic heterocycles. The fourth-order valence-electron chi connectivity index (χ4n) is 3.73. The minimum atomic E-state index is 0.526. The van der Waals surface area contributed by atoms with Crippen LogP contribution in [0.25, 0.3) is 0 Å². The van der Waals surface area contributed by atoms with Gasteiger partial charge in [-0.1, -0.05) is 51.5 Å². The fourth-order valence-corrected chi connectivity index (χ4v) is 3.73. The van der Waals surface area contributed by atoms with Gasteiger partial charge < -0.3 is 5.32 Å². The zero-order chi connectivity index (χ0) is 14.2. The molecule has 2 aliphatic rings. The second-order valence-corrected chi connectivity index (χ2v) is 7.49. The van der Waals surface area contributed by atoms with E-state index in [0.717, 1.165) is 18.4 Å². The molecule has 3 rings (SSSR count). The highest BCUT2D eigenvalue weighted by molar-refractivity contribution is 5.36. The standard InChI is InChI=1S/C19H29N/c1-4-12-20-18(17-13-19(17,2)3)16-11-6-5-10-15(16)14-8-7-9-14/h5-6,10-11,14,17-18,20H,4,7-9,12-13H2,1-3H3. The lowest BCUT2D eigenvalue weighted by Crippen LogP contribution is -2.27. The summed E-state index contributed by atoms with van der Waals surface area (Å²) in [4.78, 5) is 0. The summed E-state index contributed by atoms with van der Waals surface area (Å²) in [6.07, 6.45) is 6.79. The lowest BCUT2D eigenvalue weighted by atomic mass is 9.76. The molecule has 1 aromatic rings. The highest BCUT2D eigenvalue weighted by atomic mass is 14.9. The van der Waals surface area contributed by atoms with Crippen LogP contribution >= 0.6 is 0 Å². The number of hydrogen-bond donors (Lipinski definition) is 1. The SMILES string of the molecule is CCCNC(c1ccccc1C1CCC1)C1CC1(C)C. The van der Waals surface area contributed by atoms with Gasteiger partial charge in [0.1, 0.15) is 0 Å². The monoisotopic (exact) mass is 271 g/mol. The van der Waals surface area contributed by atoms with Crippen LogP contribution < -0.4 is 5.32 Å². The number of rotatable bonds is 6. The van der Waals surface area contributed by atoms with Gasteiger partial charge in [0.2, 0.25) is 0 Å². The van der Waals surface area contributed by atoms with Crippen molar-refractivity contribution in [1.82, 2.24) is 5.32 Å². The van der Waals surface area contributed by atoms with Crippen LogP contribution in [0.5, 0.6) is 0 Å². The molecule has 2 fully saturated rings. The fraction of sp³-hybridized carbons (Fsp3) is 0.684. The minimum Gasteiger partial charge on any atom is -0.310 e. The van der Waals surface area contributed by atoms with Crippen LogP contribution in [-0.2, 0) is 0 Å². The smallest absolute Gasteiger partial charge is 0.0356 e. The normalized spacial score (nSPS) is 26.1. The first-order valence-electron chi connectivity index (χ1n) is 8.45. The van der Waals surface area contributed by atoms with Gasteiger partial charge >= 0.3 is 0 Å². The van der Waals surface area contributed by atoms with E-state index in [4.69, 9.17) is 0 Å². The van der Waals surface area contributed by atoms with Crippen LogP contribution in [0.15, 0.2) is 24.3 Å². The summed E-state index contributed by atoms with van der Waals surface area (Å²) in [7, 11) is 0. The molecule has 0 heterocycles. The highest BCUT2D eigenvalue weighted by Crippen LogP contribution is 2.58. The maximum absolute atomic E-state index is 3.85. The van der Waals surface area contributed by atoms with E-state index in [1.54, 1.807) is 11.1 Å². The van der Waals surface area contributed by atoms with E-state index in [1.165, 1.54) is 32.1 Å². The summed E-state index contributed by atoms with van der Waals surface area (Å²) < 4.78 is 0. The number of benzene rings is 1. The van der Waals surface area contributed by atoms with Gasteiger partial charge in [0.15, 0.2) is 0 Å². The van der Waals surface area contributed by atoms with Crippen molar-refractivity contribution in [3.05, 3.63) is 35.4 Å². The first-order chi connectivity index (χ1) is 9.63. The third-order valence-corrected chi connectivity index (χ3v) is 5.48. The van der Waals surface area contributed by atoms with Crippen molar-refractivity contribution in [2.75, 3.05) is 6.54 Å². The Morgan fingerprint density at radius 1 is 1.25 bits per heavy atom. The van der Waals surface area contributed by atoms with E-state index in [9.17, 15) is 0 Å². The number of hydrogen-bond acceptors (Lipinski definition) is 1. The molecule has 1 nitrogen and oxygen atoms in total. The third kappa shape index (κ3) is 2.65. The van der Waals surface area contributed by atoms with Gasteiger partial charge in [0, 0.05) is 6.04 Å².